The van der Waals surface area contributed by atoms with Crippen molar-refractivity contribution >= 4 is 138 Å². The molecule has 2 aliphatic rings. The van der Waals surface area contributed by atoms with Crippen LogP contribution in [0, 0.1) is 0 Å². The van der Waals surface area contributed by atoms with E-state index in [1.54, 1.807) is 36.4 Å². The molecule has 2 aromatic rings. The number of nitrogens with one attached hydrogen (secondary N) is 2. The standard InChI is InChI=1S/C26H20Cl4N4O4S4/c27-13-5-1-7-15(19(13)29)31-17(35)9-3-11-33-23(37)21(41-25(33)39)22-24(38)34(26(40)42-22)12-4-10-18(36)32-16-8-2-6-14(28)20(16)30/h1-2,5-8H,3-4,9-12H2,(H,31,35)(H,32,36)/b22-21+. The molecule has 0 aliphatic carbocycles. The Labute approximate surface area is 280 Å². The zero-order chi connectivity index (χ0) is 30.6. The maximum Gasteiger partial charge on any atom is 0.267 e. The van der Waals surface area contributed by atoms with Crippen molar-refractivity contribution < 1.29 is 19.2 Å². The van der Waals surface area contributed by atoms with Crippen LogP contribution in [-0.2, 0) is 19.2 Å². The summed E-state index contributed by atoms with van der Waals surface area (Å²) in [5.74, 6) is -1.42. The number of nitrogens with zero attached hydrogens (tertiary/aromatic N) is 2. The normalized spacial score (nSPS) is 17.0. The van der Waals surface area contributed by atoms with E-state index in [0.29, 0.717) is 34.3 Å². The van der Waals surface area contributed by atoms with Gasteiger partial charge in [0.2, 0.25) is 11.8 Å². The summed E-state index contributed by atoms with van der Waals surface area (Å²) in [5, 5.41) is 6.52. The zero-order valence-electron chi connectivity index (χ0n) is 21.4. The second kappa shape index (κ2) is 14.7. The highest BCUT2D eigenvalue weighted by atomic mass is 35.5. The molecule has 4 rings (SSSR count). The van der Waals surface area contributed by atoms with Crippen LogP contribution >= 0.6 is 94.4 Å². The Morgan fingerprint density at radius 3 is 1.45 bits per heavy atom. The highest BCUT2D eigenvalue weighted by Crippen LogP contribution is 2.42. The molecule has 0 unspecified atom stereocenters. The predicted octanol–water partition coefficient (Wildman–Crippen LogP) is 7.37. The summed E-state index contributed by atoms with van der Waals surface area (Å²) >= 11 is 37.0. The molecule has 4 amide bonds. The molecule has 0 radical (unpaired) electrons. The largest absolute Gasteiger partial charge is 0.325 e. The first-order valence-electron chi connectivity index (χ1n) is 12.3. The van der Waals surface area contributed by atoms with E-state index in [9.17, 15) is 19.2 Å². The molecule has 0 bridgehead atoms. The first-order chi connectivity index (χ1) is 20.0. The van der Waals surface area contributed by atoms with Crippen LogP contribution < -0.4 is 10.6 Å². The quantitative estimate of drug-likeness (QED) is 0.194. The minimum atomic E-state index is -0.415. The second-order valence-electron chi connectivity index (χ2n) is 8.81. The molecule has 0 saturated carbocycles. The highest BCUT2D eigenvalue weighted by Gasteiger charge is 2.41. The number of benzene rings is 2. The molecule has 2 aromatic carbocycles. The summed E-state index contributed by atoms with van der Waals surface area (Å²) in [6.45, 7) is 0.383. The fourth-order valence-electron chi connectivity index (χ4n) is 3.88. The van der Waals surface area contributed by atoms with E-state index in [2.05, 4.69) is 10.6 Å². The van der Waals surface area contributed by atoms with Crippen LogP contribution in [-0.4, -0.2) is 55.2 Å². The number of hydrogen-bond donors (Lipinski definition) is 2. The molecule has 0 atom stereocenters. The molecule has 0 aromatic heterocycles. The SMILES string of the molecule is O=C(CCCN1C(=O)/C(=C2\SC(=S)N(CCCC(=O)Nc3cccc(Cl)c3Cl)C2=O)SC1=S)Nc1cccc(Cl)c1Cl. The number of amides is 4. The van der Waals surface area contributed by atoms with E-state index >= 15 is 0 Å². The number of anilines is 2. The van der Waals surface area contributed by atoms with Crippen molar-refractivity contribution in [2.24, 2.45) is 0 Å². The van der Waals surface area contributed by atoms with E-state index in [4.69, 9.17) is 70.8 Å². The number of thiocarbonyl (C=S) groups is 2. The van der Waals surface area contributed by atoms with Gasteiger partial charge >= 0.3 is 0 Å². The minimum absolute atomic E-state index is 0.106. The molecule has 42 heavy (non-hydrogen) atoms. The van der Waals surface area contributed by atoms with Crippen molar-refractivity contribution in [2.45, 2.75) is 25.7 Å². The van der Waals surface area contributed by atoms with Crippen LogP contribution in [0.4, 0.5) is 11.4 Å². The Bertz CT molecular complexity index is 1430. The van der Waals surface area contributed by atoms with Gasteiger partial charge in [0.1, 0.15) is 8.64 Å². The topological polar surface area (TPSA) is 98.8 Å². The van der Waals surface area contributed by atoms with Crippen molar-refractivity contribution in [1.82, 2.24) is 9.80 Å². The molecule has 2 fully saturated rings. The summed E-state index contributed by atoms with van der Waals surface area (Å²) in [7, 11) is 0. The fourth-order valence-corrected chi connectivity index (χ4v) is 7.34. The molecule has 16 heteroatoms. The van der Waals surface area contributed by atoms with Crippen molar-refractivity contribution in [3.05, 3.63) is 66.3 Å². The number of rotatable bonds is 10. The van der Waals surface area contributed by atoms with E-state index in [1.165, 1.54) is 9.80 Å². The van der Waals surface area contributed by atoms with E-state index in [0.717, 1.165) is 23.5 Å². The van der Waals surface area contributed by atoms with Gasteiger partial charge in [0.25, 0.3) is 11.8 Å². The average molecular weight is 723 g/mol. The summed E-state index contributed by atoms with van der Waals surface area (Å²) < 4.78 is 0.574. The van der Waals surface area contributed by atoms with Gasteiger partial charge in [-0.15, -0.1) is 0 Å². The van der Waals surface area contributed by atoms with Crippen LogP contribution in [0.3, 0.4) is 0 Å². The number of hydrogen-bond acceptors (Lipinski definition) is 8. The Kier molecular flexibility index (Phi) is 11.6. The Balaban J connectivity index is 1.29. The van der Waals surface area contributed by atoms with Crippen molar-refractivity contribution in [3.63, 3.8) is 0 Å². The van der Waals surface area contributed by atoms with Gasteiger partial charge in [-0.1, -0.05) is 106 Å². The minimum Gasteiger partial charge on any atom is -0.325 e. The molecule has 2 saturated heterocycles. The van der Waals surface area contributed by atoms with Gasteiger partial charge in [0, 0.05) is 25.9 Å². The first kappa shape index (κ1) is 33.0. The lowest BCUT2D eigenvalue weighted by atomic mass is 10.2. The number of halogens is 4. The summed E-state index contributed by atoms with van der Waals surface area (Å²) in [6, 6.07) is 9.83. The van der Waals surface area contributed by atoms with Crippen molar-refractivity contribution in [3.8, 4) is 0 Å². The van der Waals surface area contributed by atoms with Gasteiger partial charge in [-0.25, -0.2) is 0 Å². The molecular formula is C26H20Cl4N4O4S4. The van der Waals surface area contributed by atoms with E-state index in [-0.39, 0.29) is 66.2 Å². The molecule has 2 heterocycles. The van der Waals surface area contributed by atoms with Gasteiger partial charge in [-0.3, -0.25) is 29.0 Å². The van der Waals surface area contributed by atoms with Crippen LogP contribution in [0.2, 0.25) is 20.1 Å². The zero-order valence-corrected chi connectivity index (χ0v) is 27.7. The lowest BCUT2D eigenvalue weighted by molar-refractivity contribution is -0.124. The molecular weight excluding hydrogens is 702 g/mol. The molecule has 8 nitrogen and oxygen atoms in total. The van der Waals surface area contributed by atoms with Gasteiger partial charge in [-0.2, -0.15) is 0 Å². The van der Waals surface area contributed by atoms with Gasteiger partial charge in [-0.05, 0) is 37.1 Å². The Hall–Kier alpha value is -1.90. The van der Waals surface area contributed by atoms with E-state index < -0.39 is 11.8 Å². The average Bonchev–Trinajstić information content (AvgIpc) is 3.38. The first-order valence-corrected chi connectivity index (χ1v) is 16.2. The molecule has 2 N–H and O–H groups in total. The number of carbonyl (C=O) groups is 4. The number of carbonyl (C=O) groups excluding carboxylic acids is 4. The summed E-state index contributed by atoms with van der Waals surface area (Å²) in [6.07, 6.45) is 0.864. The van der Waals surface area contributed by atoms with Gasteiger partial charge in [0.05, 0.1) is 41.3 Å². The Morgan fingerprint density at radius 2 is 1.07 bits per heavy atom. The maximum atomic E-state index is 13.2. The van der Waals surface area contributed by atoms with Gasteiger partial charge < -0.3 is 10.6 Å². The predicted molar refractivity (Wildman–Crippen MR) is 179 cm³/mol. The third kappa shape index (κ3) is 7.78. The van der Waals surface area contributed by atoms with Crippen LogP contribution in [0.1, 0.15) is 25.7 Å². The summed E-state index contributed by atoms with van der Waals surface area (Å²) in [5.41, 5.74) is 0.792. The molecule has 2 aliphatic heterocycles. The lowest BCUT2D eigenvalue weighted by Crippen LogP contribution is -2.31. The highest BCUT2D eigenvalue weighted by molar-refractivity contribution is 8.29. The monoisotopic (exact) mass is 720 g/mol. The smallest absolute Gasteiger partial charge is 0.267 e. The molecule has 0 spiro atoms. The van der Waals surface area contributed by atoms with Crippen molar-refractivity contribution in [2.75, 3.05) is 23.7 Å². The molecule has 220 valence electrons. The lowest BCUT2D eigenvalue weighted by Gasteiger charge is -2.15. The van der Waals surface area contributed by atoms with Crippen molar-refractivity contribution in [1.29, 1.82) is 0 Å². The van der Waals surface area contributed by atoms with Crippen LogP contribution in [0.25, 0.3) is 0 Å². The second-order valence-corrected chi connectivity index (χ2v) is 13.7. The van der Waals surface area contributed by atoms with Crippen LogP contribution in [0.15, 0.2) is 46.2 Å². The summed E-state index contributed by atoms with van der Waals surface area (Å²) in [4.78, 5) is 54.2. The Morgan fingerprint density at radius 1 is 0.690 bits per heavy atom. The van der Waals surface area contributed by atoms with E-state index in [1.807, 2.05) is 0 Å². The maximum absolute atomic E-state index is 13.2. The fraction of sp³-hybridized carbons (Fsp3) is 0.231. The third-order valence-corrected chi connectivity index (χ3v) is 10.6. The number of thioether (sulfide) groups is 2. The third-order valence-electron chi connectivity index (χ3n) is 5.93. The van der Waals surface area contributed by atoms with Gasteiger partial charge in [0.15, 0.2) is 0 Å². The van der Waals surface area contributed by atoms with Crippen LogP contribution in [0.5, 0.6) is 0 Å².